The highest BCUT2D eigenvalue weighted by molar-refractivity contribution is 7.85. The molecule has 0 aliphatic heterocycles. The van der Waals surface area contributed by atoms with Crippen LogP contribution in [0.25, 0.3) is 0 Å². The summed E-state index contributed by atoms with van der Waals surface area (Å²) >= 11 is 0. The zero-order chi connectivity index (χ0) is 17.9. The van der Waals surface area contributed by atoms with Crippen LogP contribution in [0.2, 0.25) is 0 Å². The van der Waals surface area contributed by atoms with Crippen LogP contribution < -0.4 is 0 Å². The third-order valence-corrected chi connectivity index (χ3v) is 5.19. The summed E-state index contributed by atoms with van der Waals surface area (Å²) in [5.74, 6) is -0.164. The van der Waals surface area contributed by atoms with Crippen LogP contribution in [-0.4, -0.2) is 18.7 Å². The SMILES string of the molecule is CCCCCCCCCCCCCCCC/C=C/CCS(=O)(=O)O. The van der Waals surface area contributed by atoms with Crippen molar-refractivity contribution in [1.82, 2.24) is 0 Å². The first-order valence-electron chi connectivity index (χ1n) is 10.2. The summed E-state index contributed by atoms with van der Waals surface area (Å²) in [6.45, 7) is 2.27. The lowest BCUT2D eigenvalue weighted by atomic mass is 10.0. The van der Waals surface area contributed by atoms with Crippen molar-refractivity contribution in [3.63, 3.8) is 0 Å². The highest BCUT2D eigenvalue weighted by Gasteiger charge is 2.00. The number of allylic oxidation sites excluding steroid dienone is 2. The molecule has 0 atom stereocenters. The van der Waals surface area contributed by atoms with Crippen LogP contribution in [0.5, 0.6) is 0 Å². The van der Waals surface area contributed by atoms with Gasteiger partial charge >= 0.3 is 0 Å². The maximum Gasteiger partial charge on any atom is 0.265 e. The maximum absolute atomic E-state index is 10.5. The summed E-state index contributed by atoms with van der Waals surface area (Å²) in [6, 6.07) is 0. The van der Waals surface area contributed by atoms with Gasteiger partial charge in [-0.15, -0.1) is 0 Å². The minimum atomic E-state index is -3.80. The van der Waals surface area contributed by atoms with E-state index >= 15 is 0 Å². The van der Waals surface area contributed by atoms with E-state index < -0.39 is 10.1 Å². The lowest BCUT2D eigenvalue weighted by Gasteiger charge is -2.02. The Hall–Kier alpha value is -0.350. The molecule has 4 heteroatoms. The molecule has 0 saturated heterocycles. The van der Waals surface area contributed by atoms with Crippen LogP contribution in [0.15, 0.2) is 12.2 Å². The van der Waals surface area contributed by atoms with E-state index in [1.54, 1.807) is 0 Å². The Morgan fingerprint density at radius 1 is 0.625 bits per heavy atom. The van der Waals surface area contributed by atoms with Gasteiger partial charge in [-0.25, -0.2) is 0 Å². The molecule has 0 rings (SSSR count). The summed E-state index contributed by atoms with van der Waals surface area (Å²) < 4.78 is 29.6. The normalized spacial score (nSPS) is 12.2. The average Bonchev–Trinajstić information content (AvgIpc) is 2.52. The van der Waals surface area contributed by atoms with E-state index in [1.807, 2.05) is 12.2 Å². The van der Waals surface area contributed by atoms with Gasteiger partial charge in [0.25, 0.3) is 10.1 Å². The molecular formula is C20H40O3S. The molecule has 0 fully saturated rings. The van der Waals surface area contributed by atoms with Crippen molar-refractivity contribution in [1.29, 1.82) is 0 Å². The number of rotatable bonds is 18. The van der Waals surface area contributed by atoms with E-state index in [1.165, 1.54) is 89.9 Å². The lowest BCUT2D eigenvalue weighted by Crippen LogP contribution is -2.01. The Bertz CT molecular complexity index is 374. The van der Waals surface area contributed by atoms with E-state index in [4.69, 9.17) is 4.55 Å². The molecule has 0 amide bonds. The molecule has 0 aliphatic carbocycles. The highest BCUT2D eigenvalue weighted by Crippen LogP contribution is 2.13. The van der Waals surface area contributed by atoms with E-state index in [9.17, 15) is 8.42 Å². The van der Waals surface area contributed by atoms with Gasteiger partial charge in [0, 0.05) is 0 Å². The third kappa shape index (κ3) is 21.6. The molecule has 0 aromatic rings. The monoisotopic (exact) mass is 360 g/mol. The maximum atomic E-state index is 10.5. The van der Waals surface area contributed by atoms with Gasteiger partial charge in [0.1, 0.15) is 0 Å². The Kier molecular flexibility index (Phi) is 17.2. The Balaban J connectivity index is 3.11. The smallest absolute Gasteiger partial charge is 0.265 e. The zero-order valence-corrected chi connectivity index (χ0v) is 16.7. The van der Waals surface area contributed by atoms with Crippen LogP contribution in [0, 0.1) is 0 Å². The summed E-state index contributed by atoms with van der Waals surface area (Å²) in [6.07, 6.45) is 24.5. The van der Waals surface area contributed by atoms with E-state index in [0.717, 1.165) is 6.42 Å². The number of hydrogen-bond donors (Lipinski definition) is 1. The molecule has 0 spiro atoms. The van der Waals surface area contributed by atoms with Gasteiger partial charge in [0.05, 0.1) is 5.75 Å². The topological polar surface area (TPSA) is 54.4 Å². The molecule has 0 aliphatic rings. The van der Waals surface area contributed by atoms with Crippen molar-refractivity contribution >= 4 is 10.1 Å². The molecular weight excluding hydrogens is 320 g/mol. The largest absolute Gasteiger partial charge is 0.286 e. The van der Waals surface area contributed by atoms with E-state index in [0.29, 0.717) is 6.42 Å². The Morgan fingerprint density at radius 3 is 1.42 bits per heavy atom. The van der Waals surface area contributed by atoms with Crippen LogP contribution in [0.1, 0.15) is 110 Å². The van der Waals surface area contributed by atoms with Gasteiger partial charge in [-0.3, -0.25) is 4.55 Å². The molecule has 144 valence electrons. The molecule has 0 saturated carbocycles. The van der Waals surface area contributed by atoms with Crippen molar-refractivity contribution in [2.45, 2.75) is 110 Å². The molecule has 24 heavy (non-hydrogen) atoms. The van der Waals surface area contributed by atoms with Crippen LogP contribution in [0.3, 0.4) is 0 Å². The second-order valence-corrected chi connectivity index (χ2v) is 8.50. The fraction of sp³-hybridized carbons (Fsp3) is 0.900. The fourth-order valence-corrected chi connectivity index (χ4v) is 3.34. The van der Waals surface area contributed by atoms with E-state index in [2.05, 4.69) is 6.92 Å². The second-order valence-electron chi connectivity index (χ2n) is 6.93. The third-order valence-electron chi connectivity index (χ3n) is 4.43. The number of unbranched alkanes of at least 4 members (excludes halogenated alkanes) is 14. The Labute approximate surface area is 151 Å². The summed E-state index contributed by atoms with van der Waals surface area (Å²) in [5, 5.41) is 0. The molecule has 0 heterocycles. The molecule has 3 nitrogen and oxygen atoms in total. The first-order chi connectivity index (χ1) is 11.6. The molecule has 1 N–H and O–H groups in total. The molecule has 0 bridgehead atoms. The van der Waals surface area contributed by atoms with Crippen LogP contribution in [0.4, 0.5) is 0 Å². The number of hydrogen-bond acceptors (Lipinski definition) is 2. The van der Waals surface area contributed by atoms with Crippen molar-refractivity contribution in [3.8, 4) is 0 Å². The first kappa shape index (κ1) is 23.6. The zero-order valence-electron chi connectivity index (χ0n) is 15.8. The van der Waals surface area contributed by atoms with Gasteiger partial charge in [-0.05, 0) is 19.3 Å². The highest BCUT2D eigenvalue weighted by atomic mass is 32.2. The summed E-state index contributed by atoms with van der Waals surface area (Å²) in [7, 11) is -3.80. The van der Waals surface area contributed by atoms with Gasteiger partial charge in [-0.1, -0.05) is 103 Å². The van der Waals surface area contributed by atoms with Crippen molar-refractivity contribution < 1.29 is 13.0 Å². The van der Waals surface area contributed by atoms with E-state index in [-0.39, 0.29) is 5.75 Å². The fourth-order valence-electron chi connectivity index (χ4n) is 2.91. The van der Waals surface area contributed by atoms with Gasteiger partial charge in [-0.2, -0.15) is 8.42 Å². The predicted molar refractivity (Wildman–Crippen MR) is 105 cm³/mol. The van der Waals surface area contributed by atoms with Crippen LogP contribution >= 0.6 is 0 Å². The molecule has 0 unspecified atom stereocenters. The molecule has 0 aromatic carbocycles. The molecule has 0 aromatic heterocycles. The van der Waals surface area contributed by atoms with Crippen molar-refractivity contribution in [2.75, 3.05) is 5.75 Å². The predicted octanol–water partition coefficient (Wildman–Crippen LogP) is 6.69. The molecule has 0 radical (unpaired) electrons. The first-order valence-corrected chi connectivity index (χ1v) is 11.8. The van der Waals surface area contributed by atoms with Gasteiger partial charge in [0.15, 0.2) is 0 Å². The summed E-state index contributed by atoms with van der Waals surface area (Å²) in [4.78, 5) is 0. The van der Waals surface area contributed by atoms with Gasteiger partial charge in [0.2, 0.25) is 0 Å². The van der Waals surface area contributed by atoms with Crippen molar-refractivity contribution in [3.05, 3.63) is 12.2 Å². The lowest BCUT2D eigenvalue weighted by molar-refractivity contribution is 0.483. The Morgan fingerprint density at radius 2 is 1.00 bits per heavy atom. The standard InChI is InChI=1S/C20H40O3S/c1-2-3-4-5-6-7-8-9-10-11-12-13-14-15-16-17-18-19-20-24(21,22)23/h17-18H,2-16,19-20H2,1H3,(H,21,22,23)/b18-17+. The summed E-state index contributed by atoms with van der Waals surface area (Å²) in [5.41, 5.74) is 0. The van der Waals surface area contributed by atoms with Crippen molar-refractivity contribution in [2.24, 2.45) is 0 Å². The van der Waals surface area contributed by atoms with Crippen LogP contribution in [-0.2, 0) is 10.1 Å². The quantitative estimate of drug-likeness (QED) is 0.168. The minimum Gasteiger partial charge on any atom is -0.286 e. The second kappa shape index (κ2) is 17.5. The van der Waals surface area contributed by atoms with Gasteiger partial charge < -0.3 is 0 Å². The minimum absolute atomic E-state index is 0.164. The average molecular weight is 361 g/mol.